The smallest absolute Gasteiger partial charge is 0.160 e. The van der Waals surface area contributed by atoms with Crippen LogP contribution in [0.25, 0.3) is 106 Å². The van der Waals surface area contributed by atoms with Crippen LogP contribution in [0.3, 0.4) is 0 Å². The Morgan fingerprint density at radius 2 is 0.770 bits per heavy atom. The summed E-state index contributed by atoms with van der Waals surface area (Å²) >= 11 is 0. The van der Waals surface area contributed by atoms with Crippen LogP contribution in [0.1, 0.15) is 0 Å². The van der Waals surface area contributed by atoms with Gasteiger partial charge in [-0.3, -0.25) is 0 Å². The quantitative estimate of drug-likeness (QED) is 0.154. The third-order valence-corrected chi connectivity index (χ3v) is 11.5. The van der Waals surface area contributed by atoms with E-state index in [1.54, 1.807) is 0 Å². The number of aromatic nitrogens is 4. The van der Waals surface area contributed by atoms with Crippen molar-refractivity contribution in [2.45, 2.75) is 0 Å². The van der Waals surface area contributed by atoms with Gasteiger partial charge in [0.2, 0.25) is 0 Å². The van der Waals surface area contributed by atoms with Crippen LogP contribution < -0.4 is 0 Å². The molecular formula is C57H38N4. The molecule has 0 fully saturated rings. The fraction of sp³-hybridized carbons (Fsp3) is 0. The van der Waals surface area contributed by atoms with E-state index in [0.717, 1.165) is 94.5 Å². The first-order valence-electron chi connectivity index (χ1n) is 20.6. The van der Waals surface area contributed by atoms with Crippen LogP contribution in [0.5, 0.6) is 0 Å². The molecule has 0 amide bonds. The number of nitrogens with zero attached hydrogens (tertiary/aromatic N) is 4. The van der Waals surface area contributed by atoms with Crippen molar-refractivity contribution < 1.29 is 0 Å². The van der Waals surface area contributed by atoms with E-state index in [-0.39, 0.29) is 0 Å². The van der Waals surface area contributed by atoms with Crippen LogP contribution in [-0.2, 0) is 0 Å². The molecule has 0 aliphatic rings. The van der Waals surface area contributed by atoms with Gasteiger partial charge in [0.1, 0.15) is 5.69 Å². The van der Waals surface area contributed by atoms with Gasteiger partial charge >= 0.3 is 0 Å². The molecule has 2 aromatic heterocycles. The number of rotatable bonds is 8. The summed E-state index contributed by atoms with van der Waals surface area (Å²) < 4.78 is 2.13. The van der Waals surface area contributed by atoms with Crippen molar-refractivity contribution in [1.29, 1.82) is 0 Å². The molecule has 0 aliphatic heterocycles. The van der Waals surface area contributed by atoms with Crippen molar-refractivity contribution in [1.82, 2.24) is 19.7 Å². The molecule has 0 saturated carbocycles. The van der Waals surface area contributed by atoms with Crippen LogP contribution in [-0.4, -0.2) is 19.7 Å². The summed E-state index contributed by atoms with van der Waals surface area (Å²) in [4.78, 5) is 10.2. The second-order valence-electron chi connectivity index (χ2n) is 15.3. The first kappa shape index (κ1) is 35.9. The molecule has 4 heteroatoms. The predicted octanol–water partition coefficient (Wildman–Crippen LogP) is 14.6. The molecule has 0 N–H and O–H groups in total. The first-order valence-corrected chi connectivity index (χ1v) is 20.6. The van der Waals surface area contributed by atoms with E-state index in [1.165, 1.54) is 5.56 Å². The van der Waals surface area contributed by atoms with Gasteiger partial charge < -0.3 is 0 Å². The molecule has 0 aliphatic carbocycles. The lowest BCUT2D eigenvalue weighted by Gasteiger charge is -2.13. The molecular weight excluding hydrogens is 741 g/mol. The van der Waals surface area contributed by atoms with E-state index in [2.05, 4.69) is 223 Å². The van der Waals surface area contributed by atoms with Gasteiger partial charge in [-0.1, -0.05) is 200 Å². The van der Waals surface area contributed by atoms with E-state index in [9.17, 15) is 0 Å². The van der Waals surface area contributed by atoms with E-state index in [0.29, 0.717) is 5.82 Å². The highest BCUT2D eigenvalue weighted by atomic mass is 15.3. The number of para-hydroxylation sites is 1. The fourth-order valence-electron chi connectivity index (χ4n) is 8.37. The van der Waals surface area contributed by atoms with Gasteiger partial charge in [-0.2, -0.15) is 5.10 Å². The van der Waals surface area contributed by atoms with Crippen LogP contribution in [0.2, 0.25) is 0 Å². The minimum Gasteiger partial charge on any atom is -0.232 e. The fourth-order valence-corrected chi connectivity index (χ4v) is 8.37. The predicted molar refractivity (Wildman–Crippen MR) is 252 cm³/mol. The molecule has 2 heterocycles. The van der Waals surface area contributed by atoms with Crippen molar-refractivity contribution >= 4 is 21.7 Å². The van der Waals surface area contributed by atoms with E-state index in [4.69, 9.17) is 15.1 Å². The first-order chi connectivity index (χ1) is 30.2. The van der Waals surface area contributed by atoms with Crippen molar-refractivity contribution in [3.63, 3.8) is 0 Å². The minimum absolute atomic E-state index is 0.693. The Hall–Kier alpha value is -8.21. The molecule has 9 aromatic carbocycles. The van der Waals surface area contributed by atoms with Gasteiger partial charge in [0.15, 0.2) is 5.82 Å². The summed E-state index contributed by atoms with van der Waals surface area (Å²) in [6, 6.07) is 80.9. The van der Waals surface area contributed by atoms with Crippen molar-refractivity contribution in [3.05, 3.63) is 231 Å². The van der Waals surface area contributed by atoms with Crippen LogP contribution in [0, 0.1) is 0 Å². The SMILES string of the molecule is c1ccc(-c2ccc(-c3nc(-c4ccccc4)cc(-c4ccc(-c5ccc6cc(-c7ccccc7)c7c(-c8ccccc8)nn(-c8ccccc8)c7c6c5)cc4)n3)cc2)cc1. The Morgan fingerprint density at radius 1 is 0.328 bits per heavy atom. The Bertz CT molecular complexity index is 3290. The summed E-state index contributed by atoms with van der Waals surface area (Å²) in [5.74, 6) is 0.693. The Balaban J connectivity index is 1.03. The molecule has 0 saturated heterocycles. The van der Waals surface area contributed by atoms with Gasteiger partial charge in [-0.05, 0) is 69.1 Å². The topological polar surface area (TPSA) is 43.6 Å². The number of fused-ring (bicyclic) bond motifs is 3. The summed E-state index contributed by atoms with van der Waals surface area (Å²) in [5.41, 5.74) is 15.8. The normalized spacial score (nSPS) is 11.3. The van der Waals surface area contributed by atoms with Crippen molar-refractivity contribution in [3.8, 4) is 84.2 Å². The molecule has 286 valence electrons. The molecule has 4 nitrogen and oxygen atoms in total. The van der Waals surface area contributed by atoms with Crippen molar-refractivity contribution in [2.75, 3.05) is 0 Å². The molecule has 0 unspecified atom stereocenters. The zero-order valence-electron chi connectivity index (χ0n) is 33.2. The Morgan fingerprint density at radius 3 is 1.38 bits per heavy atom. The van der Waals surface area contributed by atoms with Gasteiger partial charge in [-0.15, -0.1) is 0 Å². The van der Waals surface area contributed by atoms with Gasteiger partial charge in [0.25, 0.3) is 0 Å². The Kier molecular flexibility index (Phi) is 9.14. The highest BCUT2D eigenvalue weighted by Crippen LogP contribution is 2.43. The molecule has 0 spiro atoms. The van der Waals surface area contributed by atoms with Crippen LogP contribution in [0.4, 0.5) is 0 Å². The number of hydrogen-bond acceptors (Lipinski definition) is 3. The standard InChI is InChI=1S/C57H38N4/c1-6-16-39(17-7-1)40-28-32-46(33-29-40)57-58-52(43-20-10-3-11-21-43)38-53(59-57)44-30-26-41(27-31-44)47-34-35-48-37-50(42-18-8-2-9-19-42)54-55(45-22-12-4-13-23-45)60-61(56(54)51(48)36-47)49-24-14-5-15-25-49/h1-38H. The van der Waals surface area contributed by atoms with Crippen LogP contribution in [0.15, 0.2) is 231 Å². The van der Waals surface area contributed by atoms with Crippen molar-refractivity contribution in [2.24, 2.45) is 0 Å². The Labute approximate surface area is 354 Å². The van der Waals surface area contributed by atoms with E-state index >= 15 is 0 Å². The lowest BCUT2D eigenvalue weighted by molar-refractivity contribution is 0.918. The molecule has 11 rings (SSSR count). The van der Waals surface area contributed by atoms with Crippen LogP contribution >= 0.6 is 0 Å². The lowest BCUT2D eigenvalue weighted by atomic mass is 9.92. The highest BCUT2D eigenvalue weighted by Gasteiger charge is 2.21. The second-order valence-corrected chi connectivity index (χ2v) is 15.3. The average Bonchev–Trinajstić information content (AvgIpc) is 3.76. The third-order valence-electron chi connectivity index (χ3n) is 11.5. The third kappa shape index (κ3) is 6.86. The zero-order chi connectivity index (χ0) is 40.5. The maximum Gasteiger partial charge on any atom is 0.160 e. The molecule has 61 heavy (non-hydrogen) atoms. The largest absolute Gasteiger partial charge is 0.232 e. The molecule has 0 radical (unpaired) electrons. The van der Waals surface area contributed by atoms with Gasteiger partial charge in [0, 0.05) is 33.0 Å². The monoisotopic (exact) mass is 778 g/mol. The molecule has 0 bridgehead atoms. The minimum atomic E-state index is 0.693. The maximum atomic E-state index is 5.39. The van der Waals surface area contributed by atoms with E-state index in [1.807, 2.05) is 12.1 Å². The summed E-state index contributed by atoms with van der Waals surface area (Å²) in [7, 11) is 0. The molecule has 0 atom stereocenters. The average molecular weight is 779 g/mol. The highest BCUT2D eigenvalue weighted by molar-refractivity contribution is 6.18. The number of benzene rings is 9. The maximum absolute atomic E-state index is 5.39. The van der Waals surface area contributed by atoms with E-state index < -0.39 is 0 Å². The second kappa shape index (κ2) is 15.5. The number of hydrogen-bond donors (Lipinski definition) is 0. The molecule has 11 aromatic rings. The van der Waals surface area contributed by atoms with Gasteiger partial charge in [0.05, 0.1) is 22.6 Å². The summed E-state index contributed by atoms with van der Waals surface area (Å²) in [6.45, 7) is 0. The summed E-state index contributed by atoms with van der Waals surface area (Å²) in [5, 5.41) is 8.82. The van der Waals surface area contributed by atoms with Gasteiger partial charge in [-0.25, -0.2) is 14.6 Å². The zero-order valence-corrected chi connectivity index (χ0v) is 33.2. The lowest BCUT2D eigenvalue weighted by Crippen LogP contribution is -1.97. The summed E-state index contributed by atoms with van der Waals surface area (Å²) in [6.07, 6.45) is 0.